The van der Waals surface area contributed by atoms with Gasteiger partial charge in [-0.3, -0.25) is 0 Å². The van der Waals surface area contributed by atoms with Gasteiger partial charge in [0, 0.05) is 19.6 Å². The highest BCUT2D eigenvalue weighted by molar-refractivity contribution is 4.75. The Morgan fingerprint density at radius 1 is 0.938 bits per heavy atom. The summed E-state index contributed by atoms with van der Waals surface area (Å²) < 4.78 is 0. The molecule has 2 aliphatic rings. The van der Waals surface area contributed by atoms with Gasteiger partial charge in [0.2, 0.25) is 0 Å². The Kier molecular flexibility index (Phi) is 5.07. The van der Waals surface area contributed by atoms with Gasteiger partial charge in [-0.15, -0.1) is 0 Å². The maximum atomic E-state index is 5.65. The fourth-order valence-corrected chi connectivity index (χ4v) is 3.11. The van der Waals surface area contributed by atoms with Crippen LogP contribution >= 0.6 is 0 Å². The Hall–Kier alpha value is -0.120. The lowest BCUT2D eigenvalue weighted by atomic mass is 9.95. The smallest absolute Gasteiger partial charge is 0.0109 e. The highest BCUT2D eigenvalue weighted by atomic mass is 15.2. The van der Waals surface area contributed by atoms with Crippen LogP contribution in [0.2, 0.25) is 0 Å². The summed E-state index contributed by atoms with van der Waals surface area (Å²) >= 11 is 0. The van der Waals surface area contributed by atoms with Crippen LogP contribution in [0.5, 0.6) is 0 Å². The Labute approximate surface area is 100.0 Å². The highest BCUT2D eigenvalue weighted by Crippen LogP contribution is 2.19. The highest BCUT2D eigenvalue weighted by Gasteiger charge is 2.20. The van der Waals surface area contributed by atoms with Crippen LogP contribution in [0.4, 0.5) is 0 Å². The molecule has 2 N–H and O–H groups in total. The van der Waals surface area contributed by atoms with Crippen LogP contribution in [0.3, 0.4) is 0 Å². The summed E-state index contributed by atoms with van der Waals surface area (Å²) in [4.78, 5) is 5.27. The van der Waals surface area contributed by atoms with Crippen molar-refractivity contribution in [2.24, 2.45) is 11.7 Å². The molecule has 1 atom stereocenters. The van der Waals surface area contributed by atoms with Gasteiger partial charge in [-0.2, -0.15) is 0 Å². The van der Waals surface area contributed by atoms with E-state index in [4.69, 9.17) is 5.73 Å². The van der Waals surface area contributed by atoms with Crippen LogP contribution in [0.25, 0.3) is 0 Å². The van der Waals surface area contributed by atoms with Crippen molar-refractivity contribution in [1.82, 2.24) is 9.80 Å². The zero-order valence-corrected chi connectivity index (χ0v) is 10.5. The van der Waals surface area contributed by atoms with Crippen LogP contribution in [-0.2, 0) is 0 Å². The van der Waals surface area contributed by atoms with Crippen LogP contribution < -0.4 is 5.73 Å². The molecule has 0 spiro atoms. The average molecular weight is 225 g/mol. The number of hydrogen-bond donors (Lipinski definition) is 1. The molecule has 0 amide bonds. The molecule has 3 nitrogen and oxygen atoms in total. The first-order valence-electron chi connectivity index (χ1n) is 7.03. The van der Waals surface area contributed by atoms with Crippen LogP contribution in [0.15, 0.2) is 0 Å². The normalized spacial score (nSPS) is 28.7. The lowest BCUT2D eigenvalue weighted by Crippen LogP contribution is -2.40. The van der Waals surface area contributed by atoms with Crippen molar-refractivity contribution < 1.29 is 0 Å². The zero-order chi connectivity index (χ0) is 11.2. The SMILES string of the molecule is NCCC1CCCN(CCN2CCCC2)C1. The summed E-state index contributed by atoms with van der Waals surface area (Å²) in [6.07, 6.45) is 6.83. The molecule has 0 bridgehead atoms. The van der Waals surface area contributed by atoms with Gasteiger partial charge in [-0.05, 0) is 64.2 Å². The summed E-state index contributed by atoms with van der Waals surface area (Å²) in [6.45, 7) is 8.71. The van der Waals surface area contributed by atoms with Crippen molar-refractivity contribution in [3.8, 4) is 0 Å². The maximum Gasteiger partial charge on any atom is 0.0109 e. The molecular weight excluding hydrogens is 198 g/mol. The average Bonchev–Trinajstić information content (AvgIpc) is 2.80. The second-order valence-electron chi connectivity index (χ2n) is 5.43. The van der Waals surface area contributed by atoms with E-state index < -0.39 is 0 Å². The van der Waals surface area contributed by atoms with Gasteiger partial charge in [0.15, 0.2) is 0 Å². The maximum absolute atomic E-state index is 5.65. The van der Waals surface area contributed by atoms with Crippen molar-refractivity contribution in [3.63, 3.8) is 0 Å². The van der Waals surface area contributed by atoms with E-state index in [0.717, 1.165) is 12.5 Å². The van der Waals surface area contributed by atoms with Crippen molar-refractivity contribution in [2.75, 3.05) is 45.8 Å². The first-order chi connectivity index (χ1) is 7.88. The minimum atomic E-state index is 0.866. The number of hydrogen-bond acceptors (Lipinski definition) is 3. The van der Waals surface area contributed by atoms with Gasteiger partial charge < -0.3 is 15.5 Å². The predicted octanol–water partition coefficient (Wildman–Crippen LogP) is 1.14. The lowest BCUT2D eigenvalue weighted by Gasteiger charge is -2.33. The number of rotatable bonds is 5. The first kappa shape index (κ1) is 12.3. The monoisotopic (exact) mass is 225 g/mol. The van der Waals surface area contributed by atoms with Crippen LogP contribution in [0, 0.1) is 5.92 Å². The molecule has 2 heterocycles. The molecule has 94 valence electrons. The molecule has 0 aromatic heterocycles. The molecule has 3 heteroatoms. The Bertz CT molecular complexity index is 188. The van der Waals surface area contributed by atoms with Gasteiger partial charge in [0.05, 0.1) is 0 Å². The molecule has 0 aliphatic carbocycles. The Morgan fingerprint density at radius 2 is 1.62 bits per heavy atom. The second kappa shape index (κ2) is 6.58. The number of piperidine rings is 1. The fourth-order valence-electron chi connectivity index (χ4n) is 3.11. The van der Waals surface area contributed by atoms with E-state index in [-0.39, 0.29) is 0 Å². The number of nitrogens with zero attached hydrogens (tertiary/aromatic N) is 2. The molecule has 16 heavy (non-hydrogen) atoms. The molecule has 2 rings (SSSR count). The molecule has 2 aliphatic heterocycles. The molecule has 0 radical (unpaired) electrons. The van der Waals surface area contributed by atoms with Crippen LogP contribution in [0.1, 0.15) is 32.1 Å². The predicted molar refractivity (Wildman–Crippen MR) is 68.5 cm³/mol. The second-order valence-corrected chi connectivity index (χ2v) is 5.43. The Morgan fingerprint density at radius 3 is 2.38 bits per heavy atom. The third-order valence-corrected chi connectivity index (χ3v) is 4.11. The fraction of sp³-hybridized carbons (Fsp3) is 1.00. The largest absolute Gasteiger partial charge is 0.330 e. The minimum absolute atomic E-state index is 0.866. The molecule has 1 unspecified atom stereocenters. The molecule has 0 saturated carbocycles. The Balaban J connectivity index is 1.64. The van der Waals surface area contributed by atoms with E-state index in [0.29, 0.717) is 0 Å². The standard InChI is InChI=1S/C13H27N3/c14-6-5-13-4-3-9-16(12-13)11-10-15-7-1-2-8-15/h13H,1-12,14H2. The van der Waals surface area contributed by atoms with E-state index in [1.165, 1.54) is 71.4 Å². The summed E-state index contributed by atoms with van der Waals surface area (Å²) in [5.41, 5.74) is 5.65. The third kappa shape index (κ3) is 3.72. The minimum Gasteiger partial charge on any atom is -0.330 e. The van der Waals surface area contributed by atoms with E-state index >= 15 is 0 Å². The summed E-state index contributed by atoms with van der Waals surface area (Å²) in [5, 5.41) is 0. The van der Waals surface area contributed by atoms with Crippen molar-refractivity contribution in [1.29, 1.82) is 0 Å². The summed E-state index contributed by atoms with van der Waals surface area (Å²) in [5.74, 6) is 0.873. The van der Waals surface area contributed by atoms with Crippen molar-refractivity contribution >= 4 is 0 Å². The third-order valence-electron chi connectivity index (χ3n) is 4.11. The number of nitrogens with two attached hydrogens (primary N) is 1. The molecule has 2 fully saturated rings. The lowest BCUT2D eigenvalue weighted by molar-refractivity contribution is 0.152. The zero-order valence-electron chi connectivity index (χ0n) is 10.5. The number of likely N-dealkylation sites (tertiary alicyclic amines) is 2. The van der Waals surface area contributed by atoms with E-state index in [1.807, 2.05) is 0 Å². The van der Waals surface area contributed by atoms with Gasteiger partial charge >= 0.3 is 0 Å². The van der Waals surface area contributed by atoms with Crippen LogP contribution in [-0.4, -0.2) is 55.6 Å². The molecule has 2 saturated heterocycles. The quantitative estimate of drug-likeness (QED) is 0.761. The van der Waals surface area contributed by atoms with Gasteiger partial charge in [-0.25, -0.2) is 0 Å². The first-order valence-corrected chi connectivity index (χ1v) is 7.03. The van der Waals surface area contributed by atoms with E-state index in [9.17, 15) is 0 Å². The van der Waals surface area contributed by atoms with Crippen molar-refractivity contribution in [2.45, 2.75) is 32.1 Å². The van der Waals surface area contributed by atoms with Crippen molar-refractivity contribution in [3.05, 3.63) is 0 Å². The molecule has 0 aromatic carbocycles. The summed E-state index contributed by atoms with van der Waals surface area (Å²) in [6, 6.07) is 0. The molecular formula is C13H27N3. The summed E-state index contributed by atoms with van der Waals surface area (Å²) in [7, 11) is 0. The van der Waals surface area contributed by atoms with Gasteiger partial charge in [-0.1, -0.05) is 0 Å². The van der Waals surface area contributed by atoms with E-state index in [2.05, 4.69) is 9.80 Å². The van der Waals surface area contributed by atoms with Gasteiger partial charge in [0.1, 0.15) is 0 Å². The topological polar surface area (TPSA) is 32.5 Å². The van der Waals surface area contributed by atoms with Gasteiger partial charge in [0.25, 0.3) is 0 Å². The molecule has 0 aromatic rings. The van der Waals surface area contributed by atoms with E-state index in [1.54, 1.807) is 0 Å².